The topological polar surface area (TPSA) is 38.4 Å². The van der Waals surface area contributed by atoms with Crippen molar-refractivity contribution in [3.63, 3.8) is 0 Å². The van der Waals surface area contributed by atoms with Crippen LogP contribution >= 0.6 is 23.4 Å². The van der Waals surface area contributed by atoms with Gasteiger partial charge in [-0.05, 0) is 29.8 Å². The molecule has 0 spiro atoms. The predicted molar refractivity (Wildman–Crippen MR) is 80.5 cm³/mol. The highest BCUT2D eigenvalue weighted by molar-refractivity contribution is 8.13. The molecule has 0 aliphatic heterocycles. The van der Waals surface area contributed by atoms with Crippen LogP contribution in [0.25, 0.3) is 0 Å². The van der Waals surface area contributed by atoms with E-state index in [0.717, 1.165) is 22.0 Å². The average molecular weight is 277 g/mol. The van der Waals surface area contributed by atoms with Gasteiger partial charge in [-0.1, -0.05) is 53.7 Å². The summed E-state index contributed by atoms with van der Waals surface area (Å²) < 4.78 is 0. The molecule has 0 amide bonds. The van der Waals surface area contributed by atoms with Gasteiger partial charge in [0, 0.05) is 10.8 Å². The molecule has 2 aromatic rings. The van der Waals surface area contributed by atoms with E-state index in [1.807, 2.05) is 54.6 Å². The Labute approximate surface area is 116 Å². The number of benzene rings is 2. The first-order valence-electron chi connectivity index (χ1n) is 5.50. The lowest BCUT2D eigenvalue weighted by atomic mass is 10.2. The summed E-state index contributed by atoms with van der Waals surface area (Å²) in [6.07, 6.45) is 0. The molecule has 0 saturated carbocycles. The highest BCUT2D eigenvalue weighted by Crippen LogP contribution is 2.18. The number of nitrogens with two attached hydrogens (primary N) is 1. The molecule has 4 heteroatoms. The number of nitrogens with zero attached hydrogens (tertiary/aromatic N) is 1. The second-order valence-corrected chi connectivity index (χ2v) is 5.14. The fraction of sp³-hybridized carbons (Fsp3) is 0.0714. The largest absolute Gasteiger partial charge is 0.378 e. The van der Waals surface area contributed by atoms with Crippen LogP contribution in [-0.4, -0.2) is 5.17 Å². The van der Waals surface area contributed by atoms with Crippen molar-refractivity contribution in [2.45, 2.75) is 5.75 Å². The molecule has 0 aliphatic carbocycles. The van der Waals surface area contributed by atoms with Crippen molar-refractivity contribution in [3.05, 3.63) is 65.2 Å². The van der Waals surface area contributed by atoms with Crippen molar-refractivity contribution < 1.29 is 0 Å². The Bertz CT molecular complexity index is 541. The molecule has 0 bridgehead atoms. The summed E-state index contributed by atoms with van der Waals surface area (Å²) in [4.78, 5) is 4.32. The highest BCUT2D eigenvalue weighted by Gasteiger charge is 1.98. The van der Waals surface area contributed by atoms with Crippen molar-refractivity contribution >= 4 is 34.2 Å². The molecule has 18 heavy (non-hydrogen) atoms. The highest BCUT2D eigenvalue weighted by atomic mass is 35.5. The molecule has 2 N–H and O–H groups in total. The van der Waals surface area contributed by atoms with E-state index in [-0.39, 0.29) is 0 Å². The Kier molecular flexibility index (Phi) is 4.67. The lowest BCUT2D eigenvalue weighted by Gasteiger charge is -2.02. The minimum Gasteiger partial charge on any atom is -0.378 e. The molecule has 0 saturated heterocycles. The van der Waals surface area contributed by atoms with Crippen molar-refractivity contribution in [2.24, 2.45) is 10.7 Å². The fourth-order valence-electron chi connectivity index (χ4n) is 1.45. The van der Waals surface area contributed by atoms with Gasteiger partial charge in [-0.25, -0.2) is 4.99 Å². The fourth-order valence-corrected chi connectivity index (χ4v) is 2.32. The van der Waals surface area contributed by atoms with E-state index >= 15 is 0 Å². The number of aliphatic imine (C=N–C) groups is 1. The molecular formula is C14H13ClN2S. The van der Waals surface area contributed by atoms with E-state index in [0.29, 0.717) is 5.17 Å². The zero-order chi connectivity index (χ0) is 12.8. The van der Waals surface area contributed by atoms with Crippen LogP contribution in [0.1, 0.15) is 5.56 Å². The monoisotopic (exact) mass is 276 g/mol. The van der Waals surface area contributed by atoms with Crippen LogP contribution in [0.15, 0.2) is 59.6 Å². The summed E-state index contributed by atoms with van der Waals surface area (Å²) in [7, 11) is 0. The maximum atomic E-state index is 5.92. The van der Waals surface area contributed by atoms with E-state index in [1.165, 1.54) is 11.8 Å². The summed E-state index contributed by atoms with van der Waals surface area (Å²) in [6, 6.07) is 17.4. The van der Waals surface area contributed by atoms with Gasteiger partial charge < -0.3 is 5.73 Å². The molecule has 0 unspecified atom stereocenters. The van der Waals surface area contributed by atoms with Gasteiger partial charge in [0.25, 0.3) is 0 Å². The smallest absolute Gasteiger partial charge is 0.159 e. The number of hydrogen-bond donors (Lipinski definition) is 1. The van der Waals surface area contributed by atoms with Crippen LogP contribution in [0, 0.1) is 0 Å². The Morgan fingerprint density at radius 1 is 1.11 bits per heavy atom. The number of thioether (sulfide) groups is 1. The zero-order valence-electron chi connectivity index (χ0n) is 9.71. The molecule has 2 rings (SSSR count). The third-order valence-electron chi connectivity index (χ3n) is 2.27. The first kappa shape index (κ1) is 13.0. The van der Waals surface area contributed by atoms with Crippen molar-refractivity contribution in [2.75, 3.05) is 0 Å². The summed E-state index contributed by atoms with van der Waals surface area (Å²) >= 11 is 7.42. The summed E-state index contributed by atoms with van der Waals surface area (Å²) in [6.45, 7) is 0. The predicted octanol–water partition coefficient (Wildman–Crippen LogP) is 4.22. The van der Waals surface area contributed by atoms with E-state index in [1.54, 1.807) is 0 Å². The summed E-state index contributed by atoms with van der Waals surface area (Å²) in [5.74, 6) is 0.767. The molecule has 2 aromatic carbocycles. The number of para-hydroxylation sites is 1. The summed E-state index contributed by atoms with van der Waals surface area (Å²) in [5.41, 5.74) is 7.88. The molecule has 0 aliphatic rings. The molecule has 0 radical (unpaired) electrons. The molecular weight excluding hydrogens is 264 g/mol. The second kappa shape index (κ2) is 6.47. The number of amidine groups is 1. The number of hydrogen-bond acceptors (Lipinski definition) is 2. The van der Waals surface area contributed by atoms with Crippen molar-refractivity contribution in [1.82, 2.24) is 0 Å². The van der Waals surface area contributed by atoms with E-state index in [2.05, 4.69) is 4.99 Å². The maximum Gasteiger partial charge on any atom is 0.159 e. The minimum atomic E-state index is 0.557. The van der Waals surface area contributed by atoms with Gasteiger partial charge in [0.1, 0.15) is 0 Å². The minimum absolute atomic E-state index is 0.557. The average Bonchev–Trinajstić information content (AvgIpc) is 2.38. The lowest BCUT2D eigenvalue weighted by Crippen LogP contribution is -2.06. The molecule has 92 valence electrons. The Hall–Kier alpha value is -1.45. The van der Waals surface area contributed by atoms with Gasteiger partial charge in [-0.15, -0.1) is 0 Å². The number of rotatable bonds is 3. The van der Waals surface area contributed by atoms with Gasteiger partial charge in [0.05, 0.1) is 5.69 Å². The van der Waals surface area contributed by atoms with Crippen LogP contribution in [0.2, 0.25) is 5.02 Å². The Morgan fingerprint density at radius 2 is 1.89 bits per heavy atom. The van der Waals surface area contributed by atoms with Crippen LogP contribution in [0.5, 0.6) is 0 Å². The SMILES string of the molecule is NC(=Nc1ccccc1)SCc1cccc(Cl)c1. The zero-order valence-corrected chi connectivity index (χ0v) is 11.3. The van der Waals surface area contributed by atoms with Crippen molar-refractivity contribution in [3.8, 4) is 0 Å². The van der Waals surface area contributed by atoms with E-state index < -0.39 is 0 Å². The Morgan fingerprint density at radius 3 is 2.61 bits per heavy atom. The van der Waals surface area contributed by atoms with Crippen molar-refractivity contribution in [1.29, 1.82) is 0 Å². The van der Waals surface area contributed by atoms with Gasteiger partial charge in [-0.2, -0.15) is 0 Å². The van der Waals surface area contributed by atoms with Gasteiger partial charge in [0.2, 0.25) is 0 Å². The van der Waals surface area contributed by atoms with Crippen LogP contribution in [0.3, 0.4) is 0 Å². The van der Waals surface area contributed by atoms with Gasteiger partial charge >= 0.3 is 0 Å². The third kappa shape index (κ3) is 4.09. The van der Waals surface area contributed by atoms with E-state index in [4.69, 9.17) is 17.3 Å². The third-order valence-corrected chi connectivity index (χ3v) is 3.37. The molecule has 0 fully saturated rings. The molecule has 0 atom stereocenters. The standard InChI is InChI=1S/C14H13ClN2S/c15-12-6-4-5-11(9-12)10-18-14(16)17-13-7-2-1-3-8-13/h1-9H,10H2,(H2,16,17). The molecule has 0 aromatic heterocycles. The second-order valence-electron chi connectivity index (χ2n) is 3.70. The van der Waals surface area contributed by atoms with Gasteiger partial charge in [0.15, 0.2) is 5.17 Å². The normalized spacial score (nSPS) is 11.5. The van der Waals surface area contributed by atoms with Crippen LogP contribution in [-0.2, 0) is 5.75 Å². The first-order valence-corrected chi connectivity index (χ1v) is 6.87. The van der Waals surface area contributed by atoms with Gasteiger partial charge in [-0.3, -0.25) is 0 Å². The quantitative estimate of drug-likeness (QED) is 0.673. The molecule has 0 heterocycles. The first-order chi connectivity index (χ1) is 8.74. The lowest BCUT2D eigenvalue weighted by molar-refractivity contribution is 1.42. The number of halogens is 1. The van der Waals surface area contributed by atoms with Crippen LogP contribution < -0.4 is 5.73 Å². The Balaban J connectivity index is 1.96. The summed E-state index contributed by atoms with van der Waals surface area (Å²) in [5, 5.41) is 1.30. The van der Waals surface area contributed by atoms with E-state index in [9.17, 15) is 0 Å². The van der Waals surface area contributed by atoms with Crippen LogP contribution in [0.4, 0.5) is 5.69 Å². The molecule has 2 nitrogen and oxygen atoms in total. The maximum absolute atomic E-state index is 5.92.